The summed E-state index contributed by atoms with van der Waals surface area (Å²) in [5.74, 6) is -0.0842. The minimum Gasteiger partial charge on any atom is -0.334 e. The number of likely N-dealkylation sites (N-methyl/N-ethyl adjacent to an activating group) is 1. The van der Waals surface area contributed by atoms with Gasteiger partial charge in [0, 0.05) is 26.2 Å². The van der Waals surface area contributed by atoms with E-state index in [1.165, 1.54) is 0 Å². The summed E-state index contributed by atoms with van der Waals surface area (Å²) in [5.41, 5.74) is 1.37. The smallest absolute Gasteiger partial charge is 0.276 e. The average Bonchev–Trinajstić information content (AvgIpc) is 2.71. The SMILES string of the molecule is C=C(C)CN(CC)C(=O)c1cn(C2CNC2)nn1. The quantitative estimate of drug-likeness (QED) is 0.770. The number of rotatable bonds is 5. The predicted molar refractivity (Wildman–Crippen MR) is 68.3 cm³/mol. The summed E-state index contributed by atoms with van der Waals surface area (Å²) < 4.78 is 1.76. The molecule has 1 fully saturated rings. The lowest BCUT2D eigenvalue weighted by Gasteiger charge is -2.26. The van der Waals surface area contributed by atoms with Crippen molar-refractivity contribution in [1.29, 1.82) is 0 Å². The molecule has 0 aromatic carbocycles. The Morgan fingerprint density at radius 1 is 1.67 bits per heavy atom. The van der Waals surface area contributed by atoms with E-state index in [2.05, 4.69) is 22.2 Å². The van der Waals surface area contributed by atoms with Crippen molar-refractivity contribution < 1.29 is 4.79 Å². The number of nitrogens with zero attached hydrogens (tertiary/aromatic N) is 4. The van der Waals surface area contributed by atoms with Crippen molar-refractivity contribution in [2.24, 2.45) is 0 Å². The van der Waals surface area contributed by atoms with Crippen molar-refractivity contribution in [3.8, 4) is 0 Å². The molecule has 0 atom stereocenters. The van der Waals surface area contributed by atoms with Gasteiger partial charge in [-0.2, -0.15) is 0 Å². The molecule has 1 aliphatic heterocycles. The Bertz CT molecular complexity index is 449. The number of hydrogen-bond acceptors (Lipinski definition) is 4. The molecule has 18 heavy (non-hydrogen) atoms. The molecular formula is C12H19N5O. The van der Waals surface area contributed by atoms with Crippen molar-refractivity contribution >= 4 is 5.91 Å². The minimum absolute atomic E-state index is 0.0842. The van der Waals surface area contributed by atoms with Crippen molar-refractivity contribution in [3.63, 3.8) is 0 Å². The number of hydrogen-bond donors (Lipinski definition) is 1. The first-order chi connectivity index (χ1) is 8.61. The van der Waals surface area contributed by atoms with Gasteiger partial charge < -0.3 is 10.2 Å². The fourth-order valence-corrected chi connectivity index (χ4v) is 1.83. The first-order valence-electron chi connectivity index (χ1n) is 6.18. The van der Waals surface area contributed by atoms with E-state index < -0.39 is 0 Å². The summed E-state index contributed by atoms with van der Waals surface area (Å²) in [6, 6.07) is 0.329. The molecule has 1 aromatic heterocycles. The summed E-state index contributed by atoms with van der Waals surface area (Å²) in [4.78, 5) is 13.9. The molecule has 1 aromatic rings. The van der Waals surface area contributed by atoms with Gasteiger partial charge in [0.1, 0.15) is 0 Å². The van der Waals surface area contributed by atoms with Crippen LogP contribution in [0.3, 0.4) is 0 Å². The molecule has 0 spiro atoms. The highest BCUT2D eigenvalue weighted by Crippen LogP contribution is 2.11. The van der Waals surface area contributed by atoms with E-state index in [9.17, 15) is 4.79 Å². The third-order valence-corrected chi connectivity index (χ3v) is 2.99. The van der Waals surface area contributed by atoms with Crippen LogP contribution in [0.1, 0.15) is 30.4 Å². The molecule has 6 heteroatoms. The van der Waals surface area contributed by atoms with Crippen LogP contribution in [0.5, 0.6) is 0 Å². The summed E-state index contributed by atoms with van der Waals surface area (Å²) in [5, 5.41) is 11.1. The van der Waals surface area contributed by atoms with Crippen LogP contribution in [0, 0.1) is 0 Å². The predicted octanol–water partition coefficient (Wildman–Crippen LogP) is 0.461. The Kier molecular flexibility index (Phi) is 3.76. The zero-order chi connectivity index (χ0) is 13.1. The van der Waals surface area contributed by atoms with Crippen LogP contribution in [-0.4, -0.2) is 52.0 Å². The van der Waals surface area contributed by atoms with Gasteiger partial charge >= 0.3 is 0 Å². The van der Waals surface area contributed by atoms with Gasteiger partial charge in [0.25, 0.3) is 5.91 Å². The molecular weight excluding hydrogens is 230 g/mol. The Balaban J connectivity index is 2.06. The van der Waals surface area contributed by atoms with Gasteiger partial charge in [-0.05, 0) is 13.8 Å². The molecule has 0 bridgehead atoms. The first-order valence-corrected chi connectivity index (χ1v) is 6.18. The Labute approximate surface area is 107 Å². The van der Waals surface area contributed by atoms with Crippen LogP contribution in [-0.2, 0) is 0 Å². The highest BCUT2D eigenvalue weighted by Gasteiger charge is 2.23. The third-order valence-electron chi connectivity index (χ3n) is 2.99. The van der Waals surface area contributed by atoms with Crippen LogP contribution in [0.4, 0.5) is 0 Å². The summed E-state index contributed by atoms with van der Waals surface area (Å²) in [6.07, 6.45) is 1.73. The fraction of sp³-hybridized carbons (Fsp3) is 0.583. The largest absolute Gasteiger partial charge is 0.334 e. The van der Waals surface area contributed by atoms with Crippen LogP contribution in [0.2, 0.25) is 0 Å². The van der Waals surface area contributed by atoms with Crippen LogP contribution >= 0.6 is 0 Å². The summed E-state index contributed by atoms with van der Waals surface area (Å²) >= 11 is 0. The Morgan fingerprint density at radius 2 is 2.39 bits per heavy atom. The van der Waals surface area contributed by atoms with E-state index in [-0.39, 0.29) is 5.91 Å². The van der Waals surface area contributed by atoms with Gasteiger partial charge in [0.05, 0.1) is 12.2 Å². The molecule has 2 rings (SSSR count). The van der Waals surface area contributed by atoms with E-state index >= 15 is 0 Å². The molecule has 1 amide bonds. The number of aromatic nitrogens is 3. The monoisotopic (exact) mass is 249 g/mol. The van der Waals surface area contributed by atoms with Crippen LogP contribution in [0.15, 0.2) is 18.3 Å². The van der Waals surface area contributed by atoms with E-state index in [1.807, 2.05) is 13.8 Å². The van der Waals surface area contributed by atoms with Gasteiger partial charge in [0.2, 0.25) is 0 Å². The average molecular weight is 249 g/mol. The summed E-state index contributed by atoms with van der Waals surface area (Å²) in [6.45, 7) is 10.7. The normalized spacial score (nSPS) is 15.2. The second-order valence-corrected chi connectivity index (χ2v) is 4.67. The van der Waals surface area contributed by atoms with Crippen molar-refractivity contribution in [2.75, 3.05) is 26.2 Å². The van der Waals surface area contributed by atoms with Gasteiger partial charge in [-0.1, -0.05) is 17.4 Å². The lowest BCUT2D eigenvalue weighted by molar-refractivity contribution is 0.0772. The lowest BCUT2D eigenvalue weighted by atomic mass is 10.2. The topological polar surface area (TPSA) is 63.1 Å². The fourth-order valence-electron chi connectivity index (χ4n) is 1.83. The molecule has 0 saturated carbocycles. The highest BCUT2D eigenvalue weighted by molar-refractivity contribution is 5.92. The van der Waals surface area contributed by atoms with Crippen molar-refractivity contribution in [1.82, 2.24) is 25.2 Å². The van der Waals surface area contributed by atoms with Crippen LogP contribution in [0.25, 0.3) is 0 Å². The zero-order valence-corrected chi connectivity index (χ0v) is 10.9. The lowest BCUT2D eigenvalue weighted by Crippen LogP contribution is -2.43. The number of nitrogens with one attached hydrogen (secondary N) is 1. The van der Waals surface area contributed by atoms with E-state index in [4.69, 9.17) is 0 Å². The maximum Gasteiger partial charge on any atom is 0.276 e. The standard InChI is InChI=1S/C12H19N5O/c1-4-16(7-9(2)3)12(18)11-8-17(15-14-11)10-5-13-6-10/h8,10,13H,2,4-7H2,1,3H3. The minimum atomic E-state index is -0.0842. The number of amides is 1. The molecule has 2 heterocycles. The highest BCUT2D eigenvalue weighted by atomic mass is 16.2. The van der Waals surface area contributed by atoms with E-state index in [0.717, 1.165) is 18.7 Å². The summed E-state index contributed by atoms with van der Waals surface area (Å²) in [7, 11) is 0. The number of carbonyl (C=O) groups is 1. The second kappa shape index (κ2) is 5.30. The molecule has 1 N–H and O–H groups in total. The van der Waals surface area contributed by atoms with E-state index in [1.54, 1.807) is 15.8 Å². The Morgan fingerprint density at radius 3 is 2.89 bits per heavy atom. The van der Waals surface area contributed by atoms with Gasteiger partial charge in [-0.25, -0.2) is 4.68 Å². The molecule has 98 valence electrons. The van der Waals surface area contributed by atoms with Gasteiger partial charge in [-0.3, -0.25) is 4.79 Å². The molecule has 1 aliphatic rings. The molecule has 0 aliphatic carbocycles. The van der Waals surface area contributed by atoms with E-state index in [0.29, 0.717) is 24.8 Å². The van der Waals surface area contributed by atoms with Crippen LogP contribution < -0.4 is 5.32 Å². The molecule has 0 radical (unpaired) electrons. The first kappa shape index (κ1) is 12.8. The molecule has 1 saturated heterocycles. The number of carbonyl (C=O) groups excluding carboxylic acids is 1. The van der Waals surface area contributed by atoms with Gasteiger partial charge in [-0.15, -0.1) is 5.10 Å². The zero-order valence-electron chi connectivity index (χ0n) is 10.9. The second-order valence-electron chi connectivity index (χ2n) is 4.67. The van der Waals surface area contributed by atoms with Crippen molar-refractivity contribution in [2.45, 2.75) is 19.9 Å². The molecule has 0 unspecified atom stereocenters. The maximum atomic E-state index is 12.2. The maximum absolute atomic E-state index is 12.2. The molecule has 6 nitrogen and oxygen atoms in total. The van der Waals surface area contributed by atoms with Crippen molar-refractivity contribution in [3.05, 3.63) is 24.0 Å². The third kappa shape index (κ3) is 2.59. The van der Waals surface area contributed by atoms with Gasteiger partial charge in [0.15, 0.2) is 5.69 Å². The Hall–Kier alpha value is -1.69.